The fourth-order valence-electron chi connectivity index (χ4n) is 2.04. The van der Waals surface area contributed by atoms with Crippen molar-refractivity contribution in [3.8, 4) is 0 Å². The summed E-state index contributed by atoms with van der Waals surface area (Å²) in [5, 5.41) is 9.24. The maximum atomic E-state index is 9.24. The van der Waals surface area contributed by atoms with Crippen LogP contribution in [0.1, 0.15) is 33.1 Å². The predicted molar refractivity (Wildman–Crippen MR) is 47.3 cm³/mol. The van der Waals surface area contributed by atoms with E-state index in [2.05, 4.69) is 20.4 Å². The second kappa shape index (κ2) is 2.63. The predicted octanol–water partition coefficient (Wildman–Crippen LogP) is 2.36. The van der Waals surface area contributed by atoms with Gasteiger partial charge in [-0.3, -0.25) is 0 Å². The molecular weight excluding hydrogens is 136 g/mol. The molecule has 2 atom stereocenters. The molecule has 1 rings (SSSR count). The topological polar surface area (TPSA) is 20.2 Å². The van der Waals surface area contributed by atoms with Crippen molar-refractivity contribution in [2.75, 3.05) is 6.61 Å². The van der Waals surface area contributed by atoms with Crippen molar-refractivity contribution in [1.82, 2.24) is 0 Å². The number of aliphatic hydroxyl groups excluding tert-OH is 1. The molecule has 1 aliphatic carbocycles. The van der Waals surface area contributed by atoms with Gasteiger partial charge in [-0.2, -0.15) is 0 Å². The number of hydrogen-bond donors (Lipinski definition) is 1. The van der Waals surface area contributed by atoms with E-state index < -0.39 is 0 Å². The van der Waals surface area contributed by atoms with Crippen LogP contribution in [0.25, 0.3) is 0 Å². The molecule has 1 fully saturated rings. The van der Waals surface area contributed by atoms with Gasteiger partial charge in [0.1, 0.15) is 0 Å². The van der Waals surface area contributed by atoms with Crippen molar-refractivity contribution in [3.05, 3.63) is 12.7 Å². The Balaban J connectivity index is 2.87. The van der Waals surface area contributed by atoms with E-state index in [1.165, 1.54) is 12.8 Å². The SMILES string of the molecule is C=C[C@@]1(C)CCC[C@@]1(C)CO. The molecule has 1 saturated carbocycles. The summed E-state index contributed by atoms with van der Waals surface area (Å²) in [5.41, 5.74) is 0.233. The molecule has 1 nitrogen and oxygen atoms in total. The Kier molecular flexibility index (Phi) is 2.10. The lowest BCUT2D eigenvalue weighted by molar-refractivity contribution is 0.0688. The smallest absolute Gasteiger partial charge is 0.0492 e. The van der Waals surface area contributed by atoms with Crippen LogP contribution in [0.2, 0.25) is 0 Å². The quantitative estimate of drug-likeness (QED) is 0.605. The van der Waals surface area contributed by atoms with Crippen molar-refractivity contribution in [1.29, 1.82) is 0 Å². The Hall–Kier alpha value is -0.300. The van der Waals surface area contributed by atoms with E-state index in [0.717, 1.165) is 6.42 Å². The Labute approximate surface area is 69.1 Å². The first kappa shape index (κ1) is 8.79. The Bertz CT molecular complexity index is 164. The van der Waals surface area contributed by atoms with Crippen LogP contribution in [-0.4, -0.2) is 11.7 Å². The minimum Gasteiger partial charge on any atom is -0.396 e. The van der Waals surface area contributed by atoms with Crippen LogP contribution in [-0.2, 0) is 0 Å². The molecule has 1 heteroatoms. The molecule has 11 heavy (non-hydrogen) atoms. The van der Waals surface area contributed by atoms with Gasteiger partial charge < -0.3 is 5.11 Å². The Morgan fingerprint density at radius 3 is 2.45 bits per heavy atom. The fourth-order valence-corrected chi connectivity index (χ4v) is 2.04. The molecule has 0 aromatic heterocycles. The second-order valence-electron chi connectivity index (χ2n) is 4.19. The number of allylic oxidation sites excluding steroid dienone is 1. The molecule has 0 saturated heterocycles. The summed E-state index contributed by atoms with van der Waals surface area (Å²) in [6.07, 6.45) is 5.54. The molecule has 0 aliphatic heterocycles. The highest BCUT2D eigenvalue weighted by Crippen LogP contribution is 2.52. The highest BCUT2D eigenvalue weighted by Gasteiger charge is 2.45. The summed E-state index contributed by atoms with van der Waals surface area (Å²) in [5.74, 6) is 0. The second-order valence-corrected chi connectivity index (χ2v) is 4.19. The van der Waals surface area contributed by atoms with Crippen LogP contribution >= 0.6 is 0 Å². The molecular formula is C10H18O. The minimum absolute atomic E-state index is 0.0781. The zero-order valence-electron chi connectivity index (χ0n) is 7.56. The largest absolute Gasteiger partial charge is 0.396 e. The zero-order valence-corrected chi connectivity index (χ0v) is 7.56. The summed E-state index contributed by atoms with van der Waals surface area (Å²) in [4.78, 5) is 0. The zero-order chi connectivity index (χ0) is 8.54. The van der Waals surface area contributed by atoms with Gasteiger partial charge >= 0.3 is 0 Å². The first-order valence-corrected chi connectivity index (χ1v) is 4.32. The number of aliphatic hydroxyl groups is 1. The van der Waals surface area contributed by atoms with E-state index in [1.807, 2.05) is 6.08 Å². The Morgan fingerprint density at radius 2 is 2.09 bits per heavy atom. The maximum Gasteiger partial charge on any atom is 0.0492 e. The maximum absolute atomic E-state index is 9.24. The molecule has 0 heterocycles. The first-order valence-electron chi connectivity index (χ1n) is 4.32. The average molecular weight is 154 g/mol. The van der Waals surface area contributed by atoms with E-state index in [4.69, 9.17) is 0 Å². The lowest BCUT2D eigenvalue weighted by Crippen LogP contribution is -2.33. The third kappa shape index (κ3) is 1.12. The average Bonchev–Trinajstić information content (AvgIpc) is 2.31. The highest BCUT2D eigenvalue weighted by atomic mass is 16.3. The van der Waals surface area contributed by atoms with Crippen LogP contribution in [0, 0.1) is 10.8 Å². The van der Waals surface area contributed by atoms with E-state index in [-0.39, 0.29) is 17.4 Å². The van der Waals surface area contributed by atoms with E-state index >= 15 is 0 Å². The molecule has 1 N–H and O–H groups in total. The third-order valence-electron chi connectivity index (χ3n) is 3.60. The van der Waals surface area contributed by atoms with Crippen LogP contribution in [0.15, 0.2) is 12.7 Å². The van der Waals surface area contributed by atoms with Gasteiger partial charge in [0.2, 0.25) is 0 Å². The van der Waals surface area contributed by atoms with Gasteiger partial charge in [0.15, 0.2) is 0 Å². The van der Waals surface area contributed by atoms with Gasteiger partial charge in [-0.25, -0.2) is 0 Å². The molecule has 0 spiro atoms. The third-order valence-corrected chi connectivity index (χ3v) is 3.60. The summed E-state index contributed by atoms with van der Waals surface area (Å²) in [7, 11) is 0. The number of hydrogen-bond acceptors (Lipinski definition) is 1. The first-order chi connectivity index (χ1) is 5.08. The normalized spacial score (nSPS) is 44.3. The monoisotopic (exact) mass is 154 g/mol. The summed E-state index contributed by atoms with van der Waals surface area (Å²) in [6.45, 7) is 8.49. The summed E-state index contributed by atoms with van der Waals surface area (Å²) < 4.78 is 0. The highest BCUT2D eigenvalue weighted by molar-refractivity contribution is 5.06. The molecule has 0 unspecified atom stereocenters. The Morgan fingerprint density at radius 1 is 1.45 bits per heavy atom. The lowest BCUT2D eigenvalue weighted by atomic mass is 9.69. The summed E-state index contributed by atoms with van der Waals surface area (Å²) in [6, 6.07) is 0. The van der Waals surface area contributed by atoms with Gasteiger partial charge in [0.05, 0.1) is 0 Å². The molecule has 64 valence electrons. The fraction of sp³-hybridized carbons (Fsp3) is 0.800. The van der Waals surface area contributed by atoms with Crippen molar-refractivity contribution in [2.45, 2.75) is 33.1 Å². The molecule has 0 aromatic carbocycles. The summed E-state index contributed by atoms with van der Waals surface area (Å²) >= 11 is 0. The van der Waals surface area contributed by atoms with Crippen molar-refractivity contribution >= 4 is 0 Å². The van der Waals surface area contributed by atoms with E-state index in [0.29, 0.717) is 0 Å². The van der Waals surface area contributed by atoms with Crippen LogP contribution in [0.3, 0.4) is 0 Å². The van der Waals surface area contributed by atoms with Gasteiger partial charge in [0, 0.05) is 6.61 Å². The van der Waals surface area contributed by atoms with Gasteiger partial charge in [-0.05, 0) is 23.7 Å². The van der Waals surface area contributed by atoms with Crippen LogP contribution in [0.5, 0.6) is 0 Å². The minimum atomic E-state index is 0.0781. The number of rotatable bonds is 2. The van der Waals surface area contributed by atoms with Crippen LogP contribution < -0.4 is 0 Å². The molecule has 0 radical (unpaired) electrons. The van der Waals surface area contributed by atoms with Crippen molar-refractivity contribution in [3.63, 3.8) is 0 Å². The van der Waals surface area contributed by atoms with E-state index in [1.54, 1.807) is 0 Å². The molecule has 0 bridgehead atoms. The lowest BCUT2D eigenvalue weighted by Gasteiger charge is -2.37. The van der Waals surface area contributed by atoms with Crippen molar-refractivity contribution in [2.24, 2.45) is 10.8 Å². The van der Waals surface area contributed by atoms with Gasteiger partial charge in [0.25, 0.3) is 0 Å². The van der Waals surface area contributed by atoms with Gasteiger partial charge in [-0.15, -0.1) is 6.58 Å². The molecule has 0 aromatic rings. The van der Waals surface area contributed by atoms with Crippen molar-refractivity contribution < 1.29 is 5.11 Å². The van der Waals surface area contributed by atoms with E-state index in [9.17, 15) is 5.11 Å². The molecule has 0 amide bonds. The van der Waals surface area contributed by atoms with Crippen LogP contribution in [0.4, 0.5) is 0 Å². The molecule has 1 aliphatic rings. The standard InChI is InChI=1S/C10H18O/c1-4-9(2)6-5-7-10(9,3)8-11/h4,11H,1,5-8H2,2-3H3/t9-,10-/m0/s1. The van der Waals surface area contributed by atoms with Gasteiger partial charge in [-0.1, -0.05) is 26.3 Å².